The molecule has 31 heavy (non-hydrogen) atoms. The zero-order chi connectivity index (χ0) is 21.4. The fourth-order valence-electron chi connectivity index (χ4n) is 4.09. The highest BCUT2D eigenvalue weighted by Gasteiger charge is 2.29. The summed E-state index contributed by atoms with van der Waals surface area (Å²) in [4.78, 5) is 23.4. The van der Waals surface area contributed by atoms with E-state index in [4.69, 9.17) is 9.84 Å². The Hall–Kier alpha value is -3.24. The predicted molar refractivity (Wildman–Crippen MR) is 118 cm³/mol. The standard InChI is InChI=1S/C21H22N6O3S/c1-30-16-10-27-13(4-5-25-27)9-15(16)26-19-18-14-3-2-12(20(29)22-6-7-28)8-17(14)31-21(18)24-11-23-19/h4-5,9-12,28H,2-3,6-8H2,1H3,(H,22,29)(H,23,24,26). The number of aromatic nitrogens is 4. The zero-order valence-corrected chi connectivity index (χ0v) is 17.8. The van der Waals surface area contributed by atoms with Gasteiger partial charge in [-0.1, -0.05) is 0 Å². The number of hydrogen-bond donors (Lipinski definition) is 3. The molecule has 0 radical (unpaired) electrons. The molecule has 4 aromatic heterocycles. The number of rotatable bonds is 6. The van der Waals surface area contributed by atoms with Crippen LogP contribution in [0.1, 0.15) is 16.9 Å². The largest absolute Gasteiger partial charge is 0.493 e. The summed E-state index contributed by atoms with van der Waals surface area (Å²) in [6.45, 7) is 0.239. The van der Waals surface area contributed by atoms with Gasteiger partial charge < -0.3 is 20.5 Å². The molecule has 1 aliphatic carbocycles. The fraction of sp³-hybridized carbons (Fsp3) is 0.333. The minimum Gasteiger partial charge on any atom is -0.493 e. The lowest BCUT2D eigenvalue weighted by Crippen LogP contribution is -2.35. The van der Waals surface area contributed by atoms with Gasteiger partial charge in [0.15, 0.2) is 5.75 Å². The maximum Gasteiger partial charge on any atom is 0.223 e. The van der Waals surface area contributed by atoms with Gasteiger partial charge in [0.1, 0.15) is 17.0 Å². The van der Waals surface area contributed by atoms with E-state index in [0.717, 1.165) is 40.1 Å². The Bertz CT molecular complexity index is 1270. The third-order valence-corrected chi connectivity index (χ3v) is 6.76. The maximum atomic E-state index is 12.4. The number of carbonyl (C=O) groups is 1. The molecule has 9 nitrogen and oxygen atoms in total. The van der Waals surface area contributed by atoms with Crippen molar-refractivity contribution < 1.29 is 14.6 Å². The lowest BCUT2D eigenvalue weighted by Gasteiger charge is -2.21. The van der Waals surface area contributed by atoms with Crippen molar-refractivity contribution in [1.82, 2.24) is 24.9 Å². The Morgan fingerprint density at radius 3 is 3.16 bits per heavy atom. The van der Waals surface area contributed by atoms with Crippen LogP contribution >= 0.6 is 11.3 Å². The first-order valence-corrected chi connectivity index (χ1v) is 10.9. The van der Waals surface area contributed by atoms with Gasteiger partial charge in [-0.3, -0.25) is 4.79 Å². The molecule has 1 aliphatic rings. The number of aryl methyl sites for hydroxylation is 1. The van der Waals surface area contributed by atoms with E-state index in [0.29, 0.717) is 12.2 Å². The molecule has 0 spiro atoms. The van der Waals surface area contributed by atoms with Crippen molar-refractivity contribution >= 4 is 44.5 Å². The van der Waals surface area contributed by atoms with Crippen LogP contribution in [0, 0.1) is 5.92 Å². The fourth-order valence-corrected chi connectivity index (χ4v) is 5.35. The van der Waals surface area contributed by atoms with E-state index in [1.807, 2.05) is 18.3 Å². The predicted octanol–water partition coefficient (Wildman–Crippen LogP) is 2.30. The van der Waals surface area contributed by atoms with Crippen molar-refractivity contribution in [3.05, 3.63) is 41.3 Å². The minimum absolute atomic E-state index is 0.000403. The highest BCUT2D eigenvalue weighted by Crippen LogP contribution is 2.41. The molecule has 160 valence electrons. The van der Waals surface area contributed by atoms with Crippen LogP contribution in [0.5, 0.6) is 5.75 Å². The quantitative estimate of drug-likeness (QED) is 0.423. The monoisotopic (exact) mass is 438 g/mol. The van der Waals surface area contributed by atoms with Gasteiger partial charge in [0, 0.05) is 23.5 Å². The highest BCUT2D eigenvalue weighted by molar-refractivity contribution is 7.19. The Morgan fingerprint density at radius 1 is 1.42 bits per heavy atom. The summed E-state index contributed by atoms with van der Waals surface area (Å²) in [7, 11) is 1.62. The number of nitrogens with one attached hydrogen (secondary N) is 2. The van der Waals surface area contributed by atoms with Crippen LogP contribution in [0.15, 0.2) is 30.9 Å². The Balaban J connectivity index is 1.49. The molecular formula is C21H22N6O3S. The number of ether oxygens (including phenoxy) is 1. The first-order valence-electron chi connectivity index (χ1n) is 10.1. The van der Waals surface area contributed by atoms with Crippen LogP contribution in [0.25, 0.3) is 15.7 Å². The van der Waals surface area contributed by atoms with E-state index in [-0.39, 0.29) is 25.0 Å². The summed E-state index contributed by atoms with van der Waals surface area (Å²) in [5.41, 5.74) is 2.95. The third-order valence-electron chi connectivity index (χ3n) is 5.60. The summed E-state index contributed by atoms with van der Waals surface area (Å²) in [6, 6.07) is 3.90. The second-order valence-electron chi connectivity index (χ2n) is 7.44. The number of hydrogen-bond acceptors (Lipinski definition) is 8. The summed E-state index contributed by atoms with van der Waals surface area (Å²) < 4.78 is 7.31. The Labute approximate surface area is 182 Å². The minimum atomic E-state index is -0.0825. The third kappa shape index (κ3) is 3.57. The number of aliphatic hydroxyl groups is 1. The molecule has 4 heterocycles. The topological polar surface area (TPSA) is 114 Å². The highest BCUT2D eigenvalue weighted by atomic mass is 32.1. The van der Waals surface area contributed by atoms with Crippen LogP contribution in [0.4, 0.5) is 11.5 Å². The molecule has 3 N–H and O–H groups in total. The van der Waals surface area contributed by atoms with E-state index in [1.165, 1.54) is 10.4 Å². The van der Waals surface area contributed by atoms with Crippen molar-refractivity contribution in [3.8, 4) is 5.75 Å². The van der Waals surface area contributed by atoms with Gasteiger partial charge in [-0.2, -0.15) is 5.10 Å². The number of anilines is 2. The van der Waals surface area contributed by atoms with Crippen LogP contribution < -0.4 is 15.4 Å². The van der Waals surface area contributed by atoms with Crippen LogP contribution in [0.2, 0.25) is 0 Å². The first kappa shape index (κ1) is 19.7. The molecule has 0 saturated heterocycles. The van der Waals surface area contributed by atoms with Crippen LogP contribution in [-0.2, 0) is 17.6 Å². The van der Waals surface area contributed by atoms with Gasteiger partial charge in [0.05, 0.1) is 36.5 Å². The second-order valence-corrected chi connectivity index (χ2v) is 8.53. The SMILES string of the molecule is COc1cn2nccc2cc1Nc1ncnc2sc3c(c12)CCC(C(=O)NCCO)C3. The number of amides is 1. The molecule has 5 rings (SSSR count). The van der Waals surface area contributed by atoms with Gasteiger partial charge in [0.25, 0.3) is 0 Å². The van der Waals surface area contributed by atoms with Gasteiger partial charge >= 0.3 is 0 Å². The molecule has 1 atom stereocenters. The lowest BCUT2D eigenvalue weighted by atomic mass is 9.87. The molecule has 1 unspecified atom stereocenters. The molecule has 0 fully saturated rings. The normalized spacial score (nSPS) is 15.7. The molecule has 0 bridgehead atoms. The van der Waals surface area contributed by atoms with Gasteiger partial charge in [0.2, 0.25) is 5.91 Å². The maximum absolute atomic E-state index is 12.4. The number of aliphatic hydroxyl groups excluding tert-OH is 1. The number of pyridine rings is 1. The number of thiophene rings is 1. The first-order chi connectivity index (χ1) is 15.2. The second kappa shape index (κ2) is 8.12. The average Bonchev–Trinajstić information content (AvgIpc) is 3.40. The summed E-state index contributed by atoms with van der Waals surface area (Å²) in [5.74, 6) is 1.31. The smallest absolute Gasteiger partial charge is 0.223 e. The van der Waals surface area contributed by atoms with Gasteiger partial charge in [-0.25, -0.2) is 14.5 Å². The number of methoxy groups -OCH3 is 1. The summed E-state index contributed by atoms with van der Waals surface area (Å²) >= 11 is 1.62. The zero-order valence-electron chi connectivity index (χ0n) is 17.0. The molecule has 4 aromatic rings. The lowest BCUT2D eigenvalue weighted by molar-refractivity contribution is -0.125. The van der Waals surface area contributed by atoms with Crippen LogP contribution in [0.3, 0.4) is 0 Å². The Kier molecular flexibility index (Phi) is 5.16. The van der Waals surface area contributed by atoms with Crippen molar-refractivity contribution in [2.45, 2.75) is 19.3 Å². The number of nitrogens with zero attached hydrogens (tertiary/aromatic N) is 4. The van der Waals surface area contributed by atoms with E-state index in [1.54, 1.807) is 35.5 Å². The van der Waals surface area contributed by atoms with E-state index < -0.39 is 0 Å². The van der Waals surface area contributed by atoms with Crippen molar-refractivity contribution in [2.75, 3.05) is 25.6 Å². The molecule has 0 aliphatic heterocycles. The summed E-state index contributed by atoms with van der Waals surface area (Å²) in [5, 5.41) is 20.4. The van der Waals surface area contributed by atoms with Crippen molar-refractivity contribution in [3.63, 3.8) is 0 Å². The van der Waals surface area contributed by atoms with Crippen molar-refractivity contribution in [2.24, 2.45) is 5.92 Å². The molecule has 10 heteroatoms. The van der Waals surface area contributed by atoms with Crippen LogP contribution in [-0.4, -0.2) is 50.9 Å². The molecule has 0 saturated carbocycles. The molecular weight excluding hydrogens is 416 g/mol. The van der Waals surface area contributed by atoms with Crippen molar-refractivity contribution in [1.29, 1.82) is 0 Å². The molecule has 0 aromatic carbocycles. The van der Waals surface area contributed by atoms with Gasteiger partial charge in [-0.05, 0) is 37.0 Å². The summed E-state index contributed by atoms with van der Waals surface area (Å²) in [6.07, 6.45) is 7.35. The molecule has 1 amide bonds. The van der Waals surface area contributed by atoms with E-state index in [2.05, 4.69) is 25.7 Å². The average molecular weight is 439 g/mol. The van der Waals surface area contributed by atoms with Gasteiger partial charge in [-0.15, -0.1) is 11.3 Å². The van der Waals surface area contributed by atoms with E-state index in [9.17, 15) is 4.79 Å². The Morgan fingerprint density at radius 2 is 2.32 bits per heavy atom. The van der Waals surface area contributed by atoms with E-state index >= 15 is 0 Å². The number of carbonyl (C=O) groups excluding carboxylic acids is 1. The number of fused-ring (bicyclic) bond motifs is 4.